The smallest absolute Gasteiger partial charge is 0.251 e. The lowest BCUT2D eigenvalue weighted by molar-refractivity contribution is 0.0942. The standard InChI is InChI=1S/C22H28N2O2/c1-16(2)23-22(25)20-6-4-8-21-19(20)7-5-13-24(21)14-15-26-18-11-9-17(3)10-12-18/h4,6,8-12,16H,5,7,13-15H2,1-3H3,(H,23,25). The van der Waals surface area contributed by atoms with Gasteiger partial charge in [0.15, 0.2) is 0 Å². The fraction of sp³-hybridized carbons (Fsp3) is 0.409. The number of anilines is 1. The quantitative estimate of drug-likeness (QED) is 0.855. The highest BCUT2D eigenvalue weighted by atomic mass is 16.5. The molecule has 138 valence electrons. The van der Waals surface area contributed by atoms with E-state index in [0.29, 0.717) is 6.61 Å². The van der Waals surface area contributed by atoms with Crippen LogP contribution >= 0.6 is 0 Å². The monoisotopic (exact) mass is 352 g/mol. The van der Waals surface area contributed by atoms with Crippen molar-refractivity contribution >= 4 is 11.6 Å². The Morgan fingerprint density at radius 3 is 2.69 bits per heavy atom. The molecule has 0 aliphatic carbocycles. The van der Waals surface area contributed by atoms with Crippen LogP contribution in [0.25, 0.3) is 0 Å². The lowest BCUT2D eigenvalue weighted by Crippen LogP contribution is -2.35. The molecule has 4 nitrogen and oxygen atoms in total. The Morgan fingerprint density at radius 1 is 1.19 bits per heavy atom. The SMILES string of the molecule is Cc1ccc(OCCN2CCCc3c(C(=O)NC(C)C)cccc32)cc1. The van der Waals surface area contributed by atoms with Gasteiger partial charge in [0.25, 0.3) is 5.91 Å². The number of hydrogen-bond donors (Lipinski definition) is 1. The van der Waals surface area contributed by atoms with Gasteiger partial charge >= 0.3 is 0 Å². The van der Waals surface area contributed by atoms with E-state index >= 15 is 0 Å². The van der Waals surface area contributed by atoms with Gasteiger partial charge in [0.05, 0.1) is 6.54 Å². The van der Waals surface area contributed by atoms with Crippen molar-refractivity contribution in [2.45, 2.75) is 39.7 Å². The van der Waals surface area contributed by atoms with Crippen LogP contribution in [0.2, 0.25) is 0 Å². The molecule has 1 N–H and O–H groups in total. The van der Waals surface area contributed by atoms with Crippen molar-refractivity contribution in [3.05, 3.63) is 59.2 Å². The molecule has 1 aliphatic heterocycles. The van der Waals surface area contributed by atoms with Gasteiger partial charge < -0.3 is 15.0 Å². The third kappa shape index (κ3) is 4.37. The van der Waals surface area contributed by atoms with Crippen LogP contribution in [-0.4, -0.2) is 31.6 Å². The van der Waals surface area contributed by atoms with Crippen molar-refractivity contribution in [2.24, 2.45) is 0 Å². The summed E-state index contributed by atoms with van der Waals surface area (Å²) in [4.78, 5) is 14.8. The molecule has 0 aromatic heterocycles. The first kappa shape index (κ1) is 18.3. The molecule has 26 heavy (non-hydrogen) atoms. The second-order valence-corrected chi connectivity index (χ2v) is 7.18. The van der Waals surface area contributed by atoms with Gasteiger partial charge in [0, 0.05) is 23.8 Å². The van der Waals surface area contributed by atoms with Gasteiger partial charge in [0.1, 0.15) is 12.4 Å². The van der Waals surface area contributed by atoms with Crippen LogP contribution in [0.4, 0.5) is 5.69 Å². The average Bonchev–Trinajstić information content (AvgIpc) is 2.62. The highest BCUT2D eigenvalue weighted by Crippen LogP contribution is 2.30. The summed E-state index contributed by atoms with van der Waals surface area (Å²) in [5.41, 5.74) is 4.36. The van der Waals surface area contributed by atoms with E-state index in [4.69, 9.17) is 4.74 Å². The summed E-state index contributed by atoms with van der Waals surface area (Å²) in [5.74, 6) is 0.924. The molecule has 0 fully saturated rings. The van der Waals surface area contributed by atoms with E-state index in [1.165, 1.54) is 11.3 Å². The molecule has 0 unspecified atom stereocenters. The van der Waals surface area contributed by atoms with Gasteiger partial charge in [-0.15, -0.1) is 0 Å². The summed E-state index contributed by atoms with van der Waals surface area (Å²) in [5, 5.41) is 3.01. The first-order valence-corrected chi connectivity index (χ1v) is 9.42. The molecule has 1 heterocycles. The van der Waals surface area contributed by atoms with E-state index in [-0.39, 0.29) is 11.9 Å². The molecule has 2 aromatic carbocycles. The van der Waals surface area contributed by atoms with E-state index in [1.54, 1.807) is 0 Å². The Balaban J connectivity index is 1.68. The second kappa shape index (κ2) is 8.26. The molecule has 2 aromatic rings. The fourth-order valence-corrected chi connectivity index (χ4v) is 3.39. The minimum absolute atomic E-state index is 0.0228. The van der Waals surface area contributed by atoms with E-state index < -0.39 is 0 Å². The number of fused-ring (bicyclic) bond motifs is 1. The van der Waals surface area contributed by atoms with Gasteiger partial charge in [-0.2, -0.15) is 0 Å². The van der Waals surface area contributed by atoms with Gasteiger partial charge in [-0.25, -0.2) is 0 Å². The number of carbonyl (C=O) groups is 1. The van der Waals surface area contributed by atoms with E-state index in [0.717, 1.165) is 42.8 Å². The summed E-state index contributed by atoms with van der Waals surface area (Å²) in [7, 11) is 0. The van der Waals surface area contributed by atoms with Gasteiger partial charge in [-0.1, -0.05) is 23.8 Å². The van der Waals surface area contributed by atoms with E-state index in [1.807, 2.05) is 38.1 Å². The minimum Gasteiger partial charge on any atom is -0.492 e. The lowest BCUT2D eigenvalue weighted by atomic mass is 9.95. The number of ether oxygens (including phenoxy) is 1. The number of hydrogen-bond acceptors (Lipinski definition) is 3. The van der Waals surface area contributed by atoms with Crippen molar-refractivity contribution in [1.29, 1.82) is 0 Å². The Kier molecular flexibility index (Phi) is 5.82. The molecule has 1 aliphatic rings. The van der Waals surface area contributed by atoms with Gasteiger partial charge in [-0.05, 0) is 63.4 Å². The van der Waals surface area contributed by atoms with Gasteiger partial charge in [-0.3, -0.25) is 4.79 Å². The predicted molar refractivity (Wildman–Crippen MR) is 106 cm³/mol. The van der Waals surface area contributed by atoms with E-state index in [9.17, 15) is 4.79 Å². The summed E-state index contributed by atoms with van der Waals surface area (Å²) in [6.07, 6.45) is 2.01. The van der Waals surface area contributed by atoms with E-state index in [2.05, 4.69) is 35.3 Å². The van der Waals surface area contributed by atoms with Crippen molar-refractivity contribution in [2.75, 3.05) is 24.6 Å². The van der Waals surface area contributed by atoms with Crippen molar-refractivity contribution < 1.29 is 9.53 Å². The maximum absolute atomic E-state index is 12.5. The van der Waals surface area contributed by atoms with Crippen LogP contribution in [0.1, 0.15) is 41.8 Å². The third-order valence-electron chi connectivity index (χ3n) is 4.66. The molecule has 3 rings (SSSR count). The summed E-state index contributed by atoms with van der Waals surface area (Å²) < 4.78 is 5.89. The van der Waals surface area contributed by atoms with Crippen LogP contribution in [0.3, 0.4) is 0 Å². The molecule has 0 saturated carbocycles. The Bertz CT molecular complexity index is 753. The first-order valence-electron chi connectivity index (χ1n) is 9.42. The van der Waals surface area contributed by atoms with Crippen molar-refractivity contribution in [3.63, 3.8) is 0 Å². The summed E-state index contributed by atoms with van der Waals surface area (Å²) in [6.45, 7) is 8.49. The van der Waals surface area contributed by atoms with Crippen LogP contribution in [0.15, 0.2) is 42.5 Å². The zero-order valence-electron chi connectivity index (χ0n) is 15.9. The third-order valence-corrected chi connectivity index (χ3v) is 4.66. The minimum atomic E-state index is 0.0228. The number of nitrogens with zero attached hydrogens (tertiary/aromatic N) is 1. The van der Waals surface area contributed by atoms with Crippen LogP contribution in [0, 0.1) is 6.92 Å². The van der Waals surface area contributed by atoms with Crippen LogP contribution in [-0.2, 0) is 6.42 Å². The number of amides is 1. The normalized spacial score (nSPS) is 13.5. The molecule has 1 amide bonds. The molecule has 0 bridgehead atoms. The predicted octanol–water partition coefficient (Wildman–Crippen LogP) is 3.96. The zero-order chi connectivity index (χ0) is 18.5. The highest BCUT2D eigenvalue weighted by Gasteiger charge is 2.22. The molecular formula is C22H28N2O2. The van der Waals surface area contributed by atoms with Crippen molar-refractivity contribution in [1.82, 2.24) is 5.32 Å². The maximum atomic E-state index is 12.5. The summed E-state index contributed by atoms with van der Waals surface area (Å²) in [6, 6.07) is 14.3. The van der Waals surface area contributed by atoms with Crippen LogP contribution in [0.5, 0.6) is 5.75 Å². The maximum Gasteiger partial charge on any atom is 0.251 e. The van der Waals surface area contributed by atoms with Gasteiger partial charge in [0.2, 0.25) is 0 Å². The zero-order valence-corrected chi connectivity index (χ0v) is 15.9. The first-order chi connectivity index (χ1) is 12.5. The molecular weight excluding hydrogens is 324 g/mol. The summed E-state index contributed by atoms with van der Waals surface area (Å²) >= 11 is 0. The molecule has 4 heteroatoms. The number of nitrogens with one attached hydrogen (secondary N) is 1. The Labute approximate surface area is 156 Å². The molecule has 0 atom stereocenters. The number of carbonyl (C=O) groups excluding carboxylic acids is 1. The fourth-order valence-electron chi connectivity index (χ4n) is 3.39. The Hall–Kier alpha value is -2.49. The van der Waals surface area contributed by atoms with Crippen molar-refractivity contribution in [3.8, 4) is 5.75 Å². The average molecular weight is 352 g/mol. The number of benzene rings is 2. The highest BCUT2D eigenvalue weighted by molar-refractivity contribution is 5.97. The number of rotatable bonds is 6. The van der Waals surface area contributed by atoms with Crippen LogP contribution < -0.4 is 15.0 Å². The lowest BCUT2D eigenvalue weighted by Gasteiger charge is -2.32. The molecule has 0 spiro atoms. The topological polar surface area (TPSA) is 41.6 Å². The molecule has 0 saturated heterocycles. The number of aryl methyl sites for hydroxylation is 1. The second-order valence-electron chi connectivity index (χ2n) is 7.18. The largest absolute Gasteiger partial charge is 0.492 e. The Morgan fingerprint density at radius 2 is 1.96 bits per heavy atom. The molecule has 0 radical (unpaired) electrons.